The molecular weight excluding hydrogens is 375 g/mol. The number of aliphatic hydroxyl groups is 1. The van der Waals surface area contributed by atoms with Crippen LogP contribution in [0.3, 0.4) is 0 Å². The van der Waals surface area contributed by atoms with E-state index in [0.717, 1.165) is 6.20 Å². The molecule has 0 aliphatic carbocycles. The van der Waals surface area contributed by atoms with Crippen LogP contribution in [0, 0.1) is 0 Å². The molecule has 0 spiro atoms. The van der Waals surface area contributed by atoms with Gasteiger partial charge in [-0.25, -0.2) is 13.4 Å². The number of methoxy groups -OCH3 is 1. The third kappa shape index (κ3) is 3.53. The molecule has 0 amide bonds. The molecule has 1 aromatic rings. The summed E-state index contributed by atoms with van der Waals surface area (Å²) in [7, 11) is -2.65. The van der Waals surface area contributed by atoms with Gasteiger partial charge in [0.25, 0.3) is 0 Å². The van der Waals surface area contributed by atoms with Crippen molar-refractivity contribution in [1.82, 2.24) is 9.29 Å². The van der Waals surface area contributed by atoms with Crippen LogP contribution in [-0.2, 0) is 20.9 Å². The zero-order valence-electron chi connectivity index (χ0n) is 14.1. The van der Waals surface area contributed by atoms with Crippen LogP contribution in [0.4, 0.5) is 19.0 Å². The molecule has 2 aliphatic heterocycles. The molecule has 146 valence electrons. The van der Waals surface area contributed by atoms with E-state index >= 15 is 0 Å². The highest BCUT2D eigenvalue weighted by atomic mass is 32.2. The minimum absolute atomic E-state index is 0.0337. The quantitative estimate of drug-likeness (QED) is 0.822. The smallest absolute Gasteiger partial charge is 0.388 e. The van der Waals surface area contributed by atoms with Crippen LogP contribution < -0.4 is 4.90 Å². The molecule has 0 unspecified atom stereocenters. The van der Waals surface area contributed by atoms with Crippen molar-refractivity contribution in [3.05, 3.63) is 17.8 Å². The molecule has 26 heavy (non-hydrogen) atoms. The predicted octanol–water partition coefficient (Wildman–Crippen LogP) is 1.08. The Hall–Kier alpha value is -1.43. The van der Waals surface area contributed by atoms with E-state index in [1.165, 1.54) is 16.3 Å². The molecule has 2 saturated heterocycles. The molecule has 3 heterocycles. The van der Waals surface area contributed by atoms with Gasteiger partial charge in [0.2, 0.25) is 10.0 Å². The number of nitrogens with zero attached hydrogens (tertiary/aromatic N) is 3. The van der Waals surface area contributed by atoms with Gasteiger partial charge < -0.3 is 14.7 Å². The molecule has 1 aromatic heterocycles. The Labute approximate surface area is 149 Å². The Bertz CT molecular complexity index is 766. The van der Waals surface area contributed by atoms with Gasteiger partial charge in [-0.2, -0.15) is 17.5 Å². The fourth-order valence-electron chi connectivity index (χ4n) is 3.28. The molecule has 0 radical (unpaired) electrons. The number of hydrogen-bond acceptors (Lipinski definition) is 6. The molecular formula is C15H20F3N3O4S. The number of sulfonamides is 1. The zero-order chi connectivity index (χ0) is 19.1. The Morgan fingerprint density at radius 2 is 1.92 bits per heavy atom. The Balaban J connectivity index is 2.00. The van der Waals surface area contributed by atoms with Gasteiger partial charge in [0, 0.05) is 39.5 Å². The maximum atomic E-state index is 13.6. The molecule has 0 aromatic carbocycles. The Morgan fingerprint density at radius 3 is 2.46 bits per heavy atom. The monoisotopic (exact) mass is 395 g/mol. The van der Waals surface area contributed by atoms with E-state index in [-0.39, 0.29) is 13.1 Å². The summed E-state index contributed by atoms with van der Waals surface area (Å²) in [5.41, 5.74) is -1.14. The van der Waals surface area contributed by atoms with Gasteiger partial charge in [-0.1, -0.05) is 0 Å². The summed E-state index contributed by atoms with van der Waals surface area (Å²) >= 11 is 0. The van der Waals surface area contributed by atoms with Gasteiger partial charge in [0.15, 0.2) is 0 Å². The van der Waals surface area contributed by atoms with E-state index < -0.39 is 44.7 Å². The molecule has 2 atom stereocenters. The van der Waals surface area contributed by atoms with Crippen molar-refractivity contribution in [3.63, 3.8) is 0 Å². The Morgan fingerprint density at radius 1 is 1.27 bits per heavy atom. The van der Waals surface area contributed by atoms with Gasteiger partial charge >= 0.3 is 6.18 Å². The lowest BCUT2D eigenvalue weighted by Gasteiger charge is -2.23. The van der Waals surface area contributed by atoms with Crippen molar-refractivity contribution in [3.8, 4) is 0 Å². The van der Waals surface area contributed by atoms with E-state index in [0.29, 0.717) is 32.0 Å². The highest BCUT2D eigenvalue weighted by Gasteiger charge is 2.41. The second kappa shape index (κ2) is 6.95. The van der Waals surface area contributed by atoms with Gasteiger partial charge in [0.1, 0.15) is 16.8 Å². The molecule has 7 nitrogen and oxygen atoms in total. The highest BCUT2D eigenvalue weighted by Crippen LogP contribution is 2.38. The molecule has 0 saturated carbocycles. The third-order valence-electron chi connectivity index (χ3n) is 4.69. The maximum Gasteiger partial charge on any atom is 0.420 e. The molecule has 2 fully saturated rings. The number of pyridine rings is 1. The lowest BCUT2D eigenvalue weighted by Crippen LogP contribution is -2.30. The summed E-state index contributed by atoms with van der Waals surface area (Å²) < 4.78 is 72.0. The van der Waals surface area contributed by atoms with Gasteiger partial charge in [-0.05, 0) is 18.9 Å². The fourth-order valence-corrected chi connectivity index (χ4v) is 4.77. The van der Waals surface area contributed by atoms with Crippen LogP contribution in [0.5, 0.6) is 0 Å². The number of halogens is 3. The molecule has 0 bridgehead atoms. The van der Waals surface area contributed by atoms with Gasteiger partial charge in [-0.15, -0.1) is 0 Å². The SMILES string of the molecule is CO[C@@H]1CN(c2ncc(S(=O)(=O)N3CCCC3)cc2C(F)(F)F)C[C@H]1O. The van der Waals surface area contributed by atoms with Crippen LogP contribution >= 0.6 is 0 Å². The number of alkyl halides is 3. The van der Waals surface area contributed by atoms with Gasteiger partial charge in [-0.3, -0.25) is 0 Å². The molecule has 3 rings (SSSR count). The first-order valence-electron chi connectivity index (χ1n) is 8.18. The average Bonchev–Trinajstić information content (AvgIpc) is 3.23. The van der Waals surface area contributed by atoms with E-state index in [4.69, 9.17) is 4.74 Å². The number of anilines is 1. The predicted molar refractivity (Wildman–Crippen MR) is 86.2 cm³/mol. The van der Waals surface area contributed by atoms with Crippen LogP contribution in [0.1, 0.15) is 18.4 Å². The van der Waals surface area contributed by atoms with Crippen molar-refractivity contribution < 1.29 is 31.4 Å². The fraction of sp³-hybridized carbons (Fsp3) is 0.667. The lowest BCUT2D eigenvalue weighted by atomic mass is 10.2. The summed E-state index contributed by atoms with van der Waals surface area (Å²) in [6.07, 6.45) is -4.05. The molecule has 11 heteroatoms. The summed E-state index contributed by atoms with van der Waals surface area (Å²) in [6, 6.07) is 0.627. The summed E-state index contributed by atoms with van der Waals surface area (Å²) in [5, 5.41) is 9.86. The first-order valence-corrected chi connectivity index (χ1v) is 9.62. The second-order valence-electron chi connectivity index (χ2n) is 6.40. The maximum absolute atomic E-state index is 13.6. The number of aromatic nitrogens is 1. The summed E-state index contributed by atoms with van der Waals surface area (Å²) in [6.45, 7) is 0.539. The van der Waals surface area contributed by atoms with Crippen molar-refractivity contribution in [1.29, 1.82) is 0 Å². The van der Waals surface area contributed by atoms with Crippen molar-refractivity contribution in [2.24, 2.45) is 0 Å². The minimum Gasteiger partial charge on any atom is -0.388 e. The topological polar surface area (TPSA) is 83.0 Å². The Kier molecular flexibility index (Phi) is 5.17. The summed E-state index contributed by atoms with van der Waals surface area (Å²) in [5.74, 6) is -0.406. The number of rotatable bonds is 4. The largest absolute Gasteiger partial charge is 0.420 e. The van der Waals surface area contributed by atoms with Crippen LogP contribution in [-0.4, -0.2) is 68.3 Å². The number of aliphatic hydroxyl groups excluding tert-OH is 1. The van der Waals surface area contributed by atoms with Crippen LogP contribution in [0.25, 0.3) is 0 Å². The van der Waals surface area contributed by atoms with Crippen molar-refractivity contribution >= 4 is 15.8 Å². The average molecular weight is 395 g/mol. The third-order valence-corrected chi connectivity index (χ3v) is 6.55. The highest BCUT2D eigenvalue weighted by molar-refractivity contribution is 7.89. The lowest BCUT2D eigenvalue weighted by molar-refractivity contribution is -0.137. The van der Waals surface area contributed by atoms with Crippen molar-refractivity contribution in [2.75, 3.05) is 38.2 Å². The molecule has 2 aliphatic rings. The van der Waals surface area contributed by atoms with E-state index in [1.54, 1.807) is 0 Å². The van der Waals surface area contributed by atoms with Gasteiger partial charge in [0.05, 0.1) is 11.7 Å². The standard InChI is InChI=1S/C15H20F3N3O4S/c1-25-13-9-20(8-12(13)22)14-11(15(16,17)18)6-10(7-19-14)26(23,24)21-4-2-3-5-21/h6-7,12-13,22H,2-5,8-9H2,1H3/t12-,13-/m1/s1. The second-order valence-corrected chi connectivity index (χ2v) is 8.34. The number of ether oxygens (including phenoxy) is 1. The van der Waals surface area contributed by atoms with E-state index in [2.05, 4.69) is 4.98 Å². The zero-order valence-corrected chi connectivity index (χ0v) is 14.9. The van der Waals surface area contributed by atoms with Crippen LogP contribution in [0.2, 0.25) is 0 Å². The number of β-amino-alcohol motifs (C(OH)–C–C–N with tert-alkyl or cyclic N) is 1. The summed E-state index contributed by atoms with van der Waals surface area (Å²) in [4.78, 5) is 4.59. The van der Waals surface area contributed by atoms with E-state index in [9.17, 15) is 26.7 Å². The first-order chi connectivity index (χ1) is 12.1. The minimum atomic E-state index is -4.78. The van der Waals surface area contributed by atoms with Crippen molar-refractivity contribution in [2.45, 2.75) is 36.1 Å². The van der Waals surface area contributed by atoms with E-state index in [1.807, 2.05) is 0 Å². The normalized spacial score (nSPS) is 25.2. The molecule has 1 N–H and O–H groups in total. The van der Waals surface area contributed by atoms with Crippen LogP contribution in [0.15, 0.2) is 17.2 Å². The number of hydrogen-bond donors (Lipinski definition) is 1. The first kappa shape index (κ1) is 19.3.